The maximum Gasteiger partial charge on any atom is 0.323 e. The van der Waals surface area contributed by atoms with E-state index in [0.717, 1.165) is 25.7 Å². The number of hydrogen-bond acceptors (Lipinski definition) is 7. The Morgan fingerprint density at radius 1 is 0.714 bits per heavy atom. The van der Waals surface area contributed by atoms with Gasteiger partial charge >= 0.3 is 11.9 Å². The standard InChI is InChI=1S/C35H70N2O5/c1-5-6-7-8-9-10-11-12-13-14-15-16-17-18-19-20-21-22-23-27-33(39)41-30-31(38)29-37-28-25-24-26-32(36)34(40)42-35(2,3)4/h31-32,37-38H,5-30,36H2,1-4H3. The SMILES string of the molecule is CCCCCCCCCCCCCCCCCCCCCC(=O)OCC(O)CNCCCCC(N)C(=O)OC(C)(C)C. The van der Waals surface area contributed by atoms with Crippen LogP contribution in [-0.4, -0.2) is 54.5 Å². The average Bonchev–Trinajstić information content (AvgIpc) is 2.93. The van der Waals surface area contributed by atoms with Crippen LogP contribution in [0.5, 0.6) is 0 Å². The molecule has 42 heavy (non-hydrogen) atoms. The quantitative estimate of drug-likeness (QED) is 0.0565. The largest absolute Gasteiger partial charge is 0.463 e. The van der Waals surface area contributed by atoms with E-state index in [9.17, 15) is 14.7 Å². The molecule has 0 radical (unpaired) electrons. The lowest BCUT2D eigenvalue weighted by Crippen LogP contribution is -2.37. The molecule has 0 aliphatic carbocycles. The molecule has 0 spiro atoms. The van der Waals surface area contributed by atoms with E-state index >= 15 is 0 Å². The highest BCUT2D eigenvalue weighted by atomic mass is 16.6. The van der Waals surface area contributed by atoms with Gasteiger partial charge in [0.05, 0.1) is 0 Å². The molecule has 0 rings (SSSR count). The molecule has 0 aromatic rings. The highest BCUT2D eigenvalue weighted by Crippen LogP contribution is 2.15. The molecule has 0 amide bonds. The van der Waals surface area contributed by atoms with Crippen molar-refractivity contribution < 1.29 is 24.2 Å². The first-order valence-electron chi connectivity index (χ1n) is 17.7. The molecule has 250 valence electrons. The Kier molecular flexibility index (Phi) is 27.8. The second-order valence-electron chi connectivity index (χ2n) is 13.3. The molecule has 0 bridgehead atoms. The van der Waals surface area contributed by atoms with Crippen LogP contribution >= 0.6 is 0 Å². The van der Waals surface area contributed by atoms with E-state index in [2.05, 4.69) is 12.2 Å². The molecule has 0 saturated heterocycles. The molecule has 2 atom stereocenters. The van der Waals surface area contributed by atoms with Gasteiger partial charge in [0.25, 0.3) is 0 Å². The summed E-state index contributed by atoms with van der Waals surface area (Å²) in [5, 5.41) is 13.2. The zero-order valence-corrected chi connectivity index (χ0v) is 28.2. The molecule has 0 heterocycles. The molecule has 0 saturated carbocycles. The first-order valence-corrected chi connectivity index (χ1v) is 17.7. The number of aliphatic hydroxyl groups is 1. The number of nitrogens with one attached hydrogen (secondary N) is 1. The minimum absolute atomic E-state index is 0.0223. The van der Waals surface area contributed by atoms with E-state index in [-0.39, 0.29) is 18.5 Å². The Morgan fingerprint density at radius 3 is 1.62 bits per heavy atom. The van der Waals surface area contributed by atoms with Gasteiger partial charge in [-0.25, -0.2) is 0 Å². The van der Waals surface area contributed by atoms with Gasteiger partial charge in [-0.2, -0.15) is 0 Å². The number of ether oxygens (including phenoxy) is 2. The number of unbranched alkanes of at least 4 members (excludes halogenated alkanes) is 19. The molecule has 0 aliphatic heterocycles. The first-order chi connectivity index (χ1) is 20.2. The van der Waals surface area contributed by atoms with Gasteiger partial charge in [0.15, 0.2) is 0 Å². The highest BCUT2D eigenvalue weighted by molar-refractivity contribution is 5.75. The lowest BCUT2D eigenvalue weighted by atomic mass is 10.0. The molecule has 2 unspecified atom stereocenters. The topological polar surface area (TPSA) is 111 Å². The molecular weight excluding hydrogens is 528 g/mol. The predicted octanol–water partition coefficient (Wildman–Crippen LogP) is 8.14. The molecule has 0 fully saturated rings. The van der Waals surface area contributed by atoms with Gasteiger partial charge in [-0.3, -0.25) is 9.59 Å². The van der Waals surface area contributed by atoms with Crippen LogP contribution in [-0.2, 0) is 19.1 Å². The lowest BCUT2D eigenvalue weighted by molar-refractivity contribution is -0.156. The van der Waals surface area contributed by atoms with Crippen molar-refractivity contribution in [3.05, 3.63) is 0 Å². The van der Waals surface area contributed by atoms with Crippen molar-refractivity contribution in [3.8, 4) is 0 Å². The summed E-state index contributed by atoms with van der Waals surface area (Å²) in [5.41, 5.74) is 5.36. The zero-order chi connectivity index (χ0) is 31.3. The van der Waals surface area contributed by atoms with E-state index in [1.54, 1.807) is 0 Å². The summed E-state index contributed by atoms with van der Waals surface area (Å²) in [7, 11) is 0. The average molecular weight is 599 g/mol. The van der Waals surface area contributed by atoms with Gasteiger partial charge < -0.3 is 25.6 Å². The number of esters is 2. The van der Waals surface area contributed by atoms with Gasteiger partial charge in [-0.1, -0.05) is 129 Å². The van der Waals surface area contributed by atoms with E-state index in [1.807, 2.05) is 20.8 Å². The maximum atomic E-state index is 11.9. The third-order valence-electron chi connectivity index (χ3n) is 7.63. The molecule has 7 heteroatoms. The minimum Gasteiger partial charge on any atom is -0.463 e. The fraction of sp³-hybridized carbons (Fsp3) is 0.943. The van der Waals surface area contributed by atoms with E-state index < -0.39 is 17.7 Å². The molecule has 7 nitrogen and oxygen atoms in total. The van der Waals surface area contributed by atoms with Crippen molar-refractivity contribution in [2.45, 2.75) is 193 Å². The van der Waals surface area contributed by atoms with Crippen LogP contribution in [0, 0.1) is 0 Å². The van der Waals surface area contributed by atoms with Crippen molar-refractivity contribution in [3.63, 3.8) is 0 Å². The Morgan fingerprint density at radius 2 is 1.17 bits per heavy atom. The van der Waals surface area contributed by atoms with Gasteiger partial charge in [-0.15, -0.1) is 0 Å². The van der Waals surface area contributed by atoms with Gasteiger partial charge in [0, 0.05) is 13.0 Å². The monoisotopic (exact) mass is 599 g/mol. The summed E-state index contributed by atoms with van der Waals surface area (Å²) in [4.78, 5) is 23.8. The highest BCUT2D eigenvalue weighted by Gasteiger charge is 2.21. The Labute approximate surface area is 259 Å². The summed E-state index contributed by atoms with van der Waals surface area (Å²) in [6.45, 7) is 8.85. The third kappa shape index (κ3) is 30.3. The van der Waals surface area contributed by atoms with Crippen LogP contribution < -0.4 is 11.1 Å². The molecule has 0 aromatic heterocycles. The van der Waals surface area contributed by atoms with Crippen molar-refractivity contribution >= 4 is 11.9 Å². The summed E-state index contributed by atoms with van der Waals surface area (Å²) in [6.07, 6.45) is 27.2. The number of hydrogen-bond donors (Lipinski definition) is 3. The summed E-state index contributed by atoms with van der Waals surface area (Å²) < 4.78 is 10.5. The van der Waals surface area contributed by atoms with Crippen molar-refractivity contribution in [1.29, 1.82) is 0 Å². The number of nitrogens with two attached hydrogens (primary N) is 1. The minimum atomic E-state index is -0.719. The van der Waals surface area contributed by atoms with Gasteiger partial charge in [0.1, 0.15) is 24.4 Å². The molecule has 0 aliphatic rings. The van der Waals surface area contributed by atoms with Gasteiger partial charge in [-0.05, 0) is 46.6 Å². The second kappa shape index (κ2) is 28.6. The Bertz CT molecular complexity index is 623. The van der Waals surface area contributed by atoms with Gasteiger partial charge in [0.2, 0.25) is 0 Å². The van der Waals surface area contributed by atoms with Crippen LogP contribution in [0.2, 0.25) is 0 Å². The lowest BCUT2D eigenvalue weighted by Gasteiger charge is -2.22. The second-order valence-corrected chi connectivity index (χ2v) is 13.3. The van der Waals surface area contributed by atoms with Crippen molar-refractivity contribution in [2.75, 3.05) is 19.7 Å². The van der Waals surface area contributed by atoms with Crippen LogP contribution in [0.1, 0.15) is 175 Å². The van der Waals surface area contributed by atoms with Crippen LogP contribution in [0.15, 0.2) is 0 Å². The fourth-order valence-electron chi connectivity index (χ4n) is 5.05. The summed E-state index contributed by atoms with van der Waals surface area (Å²) in [6, 6.07) is -0.608. The first kappa shape index (κ1) is 40.8. The van der Waals surface area contributed by atoms with E-state index in [4.69, 9.17) is 15.2 Å². The third-order valence-corrected chi connectivity index (χ3v) is 7.63. The summed E-state index contributed by atoms with van der Waals surface area (Å²) >= 11 is 0. The number of carbonyl (C=O) groups excluding carboxylic acids is 2. The van der Waals surface area contributed by atoms with Crippen LogP contribution in [0.3, 0.4) is 0 Å². The fourth-order valence-corrected chi connectivity index (χ4v) is 5.05. The molecule has 4 N–H and O–H groups in total. The molecular formula is C35H70N2O5. The summed E-state index contributed by atoms with van der Waals surface area (Å²) in [5.74, 6) is -0.593. The number of carbonyl (C=O) groups is 2. The molecule has 0 aromatic carbocycles. The maximum absolute atomic E-state index is 11.9. The van der Waals surface area contributed by atoms with Crippen LogP contribution in [0.4, 0.5) is 0 Å². The van der Waals surface area contributed by atoms with E-state index in [1.165, 1.54) is 109 Å². The smallest absolute Gasteiger partial charge is 0.323 e. The van der Waals surface area contributed by atoms with Crippen molar-refractivity contribution in [1.82, 2.24) is 5.32 Å². The van der Waals surface area contributed by atoms with E-state index in [0.29, 0.717) is 25.9 Å². The Balaban J connectivity index is 3.40. The normalized spacial score (nSPS) is 13.2. The number of aliphatic hydroxyl groups excluding tert-OH is 1. The Hall–Kier alpha value is -1.18. The predicted molar refractivity (Wildman–Crippen MR) is 176 cm³/mol. The number of rotatable bonds is 30. The zero-order valence-electron chi connectivity index (χ0n) is 28.2. The van der Waals surface area contributed by atoms with Crippen molar-refractivity contribution in [2.24, 2.45) is 5.73 Å². The van der Waals surface area contributed by atoms with Crippen LogP contribution in [0.25, 0.3) is 0 Å².